The Morgan fingerprint density at radius 3 is 3.10 bits per heavy atom. The Morgan fingerprint density at radius 1 is 1.48 bits per heavy atom. The van der Waals surface area contributed by atoms with Crippen molar-refractivity contribution in [3.05, 3.63) is 28.8 Å². The molecule has 0 aromatic heterocycles. The fraction of sp³-hybridized carbons (Fsp3) is 0.625. The van der Waals surface area contributed by atoms with Crippen LogP contribution in [-0.4, -0.2) is 46.1 Å². The molecule has 0 aliphatic carbocycles. The number of ether oxygens (including phenoxy) is 2. The molecule has 1 N–H and O–H groups in total. The minimum absolute atomic E-state index is 0.426. The summed E-state index contributed by atoms with van der Waals surface area (Å²) in [5.41, 5.74) is 2.50. The fourth-order valence-corrected chi connectivity index (χ4v) is 2.83. The first kappa shape index (κ1) is 16.6. The van der Waals surface area contributed by atoms with Crippen LogP contribution in [0.1, 0.15) is 18.9 Å². The van der Waals surface area contributed by atoms with Gasteiger partial charge in [0.1, 0.15) is 0 Å². The van der Waals surface area contributed by atoms with E-state index < -0.39 is 0 Å². The zero-order valence-electron chi connectivity index (χ0n) is 12.9. The molecule has 1 saturated heterocycles. The van der Waals surface area contributed by atoms with Crippen molar-refractivity contribution in [1.29, 1.82) is 0 Å². The minimum atomic E-state index is 0.426. The van der Waals surface area contributed by atoms with Crippen LogP contribution in [0.25, 0.3) is 0 Å². The highest BCUT2D eigenvalue weighted by atomic mass is 35.5. The van der Waals surface area contributed by atoms with Gasteiger partial charge in [-0.1, -0.05) is 24.6 Å². The Morgan fingerprint density at radius 2 is 2.33 bits per heavy atom. The van der Waals surface area contributed by atoms with E-state index in [1.165, 1.54) is 11.3 Å². The van der Waals surface area contributed by atoms with Gasteiger partial charge in [-0.25, -0.2) is 0 Å². The topological polar surface area (TPSA) is 33.7 Å². The number of hydrogen-bond acceptors (Lipinski definition) is 4. The lowest BCUT2D eigenvalue weighted by Crippen LogP contribution is -2.45. The maximum absolute atomic E-state index is 6.21. The standard InChI is InChI=1S/C16H25ClN2O2/c1-3-15-12-21-9-7-19(15)16-10-14(17)5-4-13(16)11-18-6-8-20-2/h4-5,10,15,18H,3,6-9,11-12H2,1-2H3. The summed E-state index contributed by atoms with van der Waals surface area (Å²) < 4.78 is 10.7. The Kier molecular flexibility index (Phi) is 6.77. The van der Waals surface area contributed by atoms with Crippen LogP contribution in [-0.2, 0) is 16.0 Å². The molecule has 1 fully saturated rings. The van der Waals surface area contributed by atoms with Gasteiger partial charge in [0, 0.05) is 37.5 Å². The molecule has 4 nitrogen and oxygen atoms in total. The smallest absolute Gasteiger partial charge is 0.0670 e. The molecule has 0 bridgehead atoms. The highest BCUT2D eigenvalue weighted by Gasteiger charge is 2.23. The van der Waals surface area contributed by atoms with Crippen LogP contribution in [0.15, 0.2) is 18.2 Å². The maximum Gasteiger partial charge on any atom is 0.0670 e. The largest absolute Gasteiger partial charge is 0.383 e. The molecule has 1 atom stereocenters. The summed E-state index contributed by atoms with van der Waals surface area (Å²) >= 11 is 6.21. The third kappa shape index (κ3) is 4.58. The average molecular weight is 313 g/mol. The molecule has 0 spiro atoms. The summed E-state index contributed by atoms with van der Waals surface area (Å²) in [4.78, 5) is 2.43. The quantitative estimate of drug-likeness (QED) is 0.785. The van der Waals surface area contributed by atoms with Crippen LogP contribution in [0.4, 0.5) is 5.69 Å². The van der Waals surface area contributed by atoms with Crippen LogP contribution < -0.4 is 10.2 Å². The van der Waals surface area contributed by atoms with Crippen LogP contribution in [0.3, 0.4) is 0 Å². The summed E-state index contributed by atoms with van der Waals surface area (Å²) in [6.07, 6.45) is 1.07. The molecule has 2 rings (SSSR count). The first-order valence-corrected chi connectivity index (χ1v) is 7.96. The minimum Gasteiger partial charge on any atom is -0.383 e. The second-order valence-electron chi connectivity index (χ2n) is 5.27. The van der Waals surface area contributed by atoms with E-state index in [2.05, 4.69) is 29.3 Å². The van der Waals surface area contributed by atoms with Gasteiger partial charge >= 0.3 is 0 Å². The van der Waals surface area contributed by atoms with Gasteiger partial charge in [-0.05, 0) is 24.1 Å². The SMILES string of the molecule is CCC1COCCN1c1cc(Cl)ccc1CNCCOC. The van der Waals surface area contributed by atoms with Gasteiger partial charge < -0.3 is 19.7 Å². The lowest BCUT2D eigenvalue weighted by molar-refractivity contribution is 0.0929. The molecule has 118 valence electrons. The summed E-state index contributed by atoms with van der Waals surface area (Å²) in [5.74, 6) is 0. The second kappa shape index (κ2) is 8.59. The van der Waals surface area contributed by atoms with Crippen LogP contribution in [0.2, 0.25) is 5.02 Å². The third-order valence-corrected chi connectivity index (χ3v) is 4.09. The van der Waals surface area contributed by atoms with Gasteiger partial charge in [-0.15, -0.1) is 0 Å². The predicted molar refractivity (Wildman–Crippen MR) is 87.3 cm³/mol. The predicted octanol–water partition coefficient (Wildman–Crippen LogP) is 2.69. The van der Waals surface area contributed by atoms with Gasteiger partial charge in [0.05, 0.1) is 25.9 Å². The highest BCUT2D eigenvalue weighted by molar-refractivity contribution is 6.30. The molecule has 1 aliphatic rings. The van der Waals surface area contributed by atoms with Crippen molar-refractivity contribution in [2.45, 2.75) is 25.9 Å². The van der Waals surface area contributed by atoms with E-state index in [0.29, 0.717) is 6.04 Å². The second-order valence-corrected chi connectivity index (χ2v) is 5.71. The van der Waals surface area contributed by atoms with Gasteiger partial charge in [-0.2, -0.15) is 0 Å². The summed E-state index contributed by atoms with van der Waals surface area (Å²) in [6, 6.07) is 6.57. The van der Waals surface area contributed by atoms with Crippen LogP contribution in [0.5, 0.6) is 0 Å². The molecule has 0 saturated carbocycles. The van der Waals surface area contributed by atoms with E-state index in [1.54, 1.807) is 7.11 Å². The van der Waals surface area contributed by atoms with Crippen molar-refractivity contribution in [2.24, 2.45) is 0 Å². The molecule has 1 unspecified atom stereocenters. The number of halogens is 1. The number of benzene rings is 1. The number of hydrogen-bond donors (Lipinski definition) is 1. The highest BCUT2D eigenvalue weighted by Crippen LogP contribution is 2.28. The third-order valence-electron chi connectivity index (χ3n) is 3.85. The van der Waals surface area contributed by atoms with Crippen molar-refractivity contribution in [2.75, 3.05) is 44.9 Å². The molecule has 1 aromatic rings. The van der Waals surface area contributed by atoms with Gasteiger partial charge in [0.15, 0.2) is 0 Å². The van der Waals surface area contributed by atoms with E-state index in [-0.39, 0.29) is 0 Å². The Bertz CT molecular complexity index is 442. The van der Waals surface area contributed by atoms with E-state index in [9.17, 15) is 0 Å². The number of nitrogens with one attached hydrogen (secondary N) is 1. The normalized spacial score (nSPS) is 19.0. The molecule has 1 aliphatic heterocycles. The number of rotatable bonds is 7. The lowest BCUT2D eigenvalue weighted by Gasteiger charge is -2.38. The average Bonchev–Trinajstić information content (AvgIpc) is 2.52. The molecule has 21 heavy (non-hydrogen) atoms. The fourth-order valence-electron chi connectivity index (χ4n) is 2.66. The van der Waals surface area contributed by atoms with Crippen molar-refractivity contribution in [1.82, 2.24) is 5.32 Å². The molecule has 5 heteroatoms. The number of anilines is 1. The number of methoxy groups -OCH3 is 1. The van der Waals surface area contributed by atoms with E-state index >= 15 is 0 Å². The first-order valence-electron chi connectivity index (χ1n) is 7.58. The monoisotopic (exact) mass is 312 g/mol. The van der Waals surface area contributed by atoms with Gasteiger partial charge in [0.25, 0.3) is 0 Å². The molecule has 0 radical (unpaired) electrons. The van der Waals surface area contributed by atoms with Crippen LogP contribution in [0, 0.1) is 0 Å². The molecular formula is C16H25ClN2O2. The summed E-state index contributed by atoms with van der Waals surface area (Å²) in [7, 11) is 1.72. The Hall–Kier alpha value is -0.810. The zero-order valence-corrected chi connectivity index (χ0v) is 13.7. The van der Waals surface area contributed by atoms with E-state index in [0.717, 1.165) is 50.9 Å². The maximum atomic E-state index is 6.21. The first-order chi connectivity index (χ1) is 10.3. The summed E-state index contributed by atoms with van der Waals surface area (Å²) in [6.45, 7) is 7.08. The molecule has 1 aromatic carbocycles. The zero-order chi connectivity index (χ0) is 15.1. The van der Waals surface area contributed by atoms with E-state index in [1.807, 2.05) is 6.07 Å². The lowest BCUT2D eigenvalue weighted by atomic mass is 10.1. The van der Waals surface area contributed by atoms with Crippen molar-refractivity contribution in [3.63, 3.8) is 0 Å². The number of morpholine rings is 1. The molecule has 0 amide bonds. The summed E-state index contributed by atoms with van der Waals surface area (Å²) in [5, 5.41) is 4.19. The molecule has 1 heterocycles. The van der Waals surface area contributed by atoms with Gasteiger partial charge in [-0.3, -0.25) is 0 Å². The Balaban J connectivity index is 2.13. The number of nitrogens with zero attached hydrogens (tertiary/aromatic N) is 1. The Labute approximate surface area is 132 Å². The van der Waals surface area contributed by atoms with Crippen molar-refractivity contribution in [3.8, 4) is 0 Å². The van der Waals surface area contributed by atoms with Crippen molar-refractivity contribution < 1.29 is 9.47 Å². The van der Waals surface area contributed by atoms with Gasteiger partial charge in [0.2, 0.25) is 0 Å². The van der Waals surface area contributed by atoms with E-state index in [4.69, 9.17) is 21.1 Å². The van der Waals surface area contributed by atoms with Crippen molar-refractivity contribution >= 4 is 17.3 Å². The van der Waals surface area contributed by atoms with Crippen LogP contribution >= 0.6 is 11.6 Å². The molecular weight excluding hydrogens is 288 g/mol.